The third-order valence-corrected chi connectivity index (χ3v) is 3.61. The van der Waals surface area contributed by atoms with E-state index in [1.54, 1.807) is 12.1 Å². The van der Waals surface area contributed by atoms with Crippen LogP contribution in [0.15, 0.2) is 24.3 Å². The van der Waals surface area contributed by atoms with Crippen LogP contribution in [0.2, 0.25) is 5.02 Å². The van der Waals surface area contributed by atoms with Crippen molar-refractivity contribution in [2.75, 3.05) is 18.5 Å². The summed E-state index contributed by atoms with van der Waals surface area (Å²) in [4.78, 5) is 0. The number of hydrogen-bond donors (Lipinski definition) is 4. The van der Waals surface area contributed by atoms with E-state index < -0.39 is 0 Å². The molecule has 0 aromatic heterocycles. The summed E-state index contributed by atoms with van der Waals surface area (Å²) >= 11 is 16.1. The minimum Gasteiger partial charge on any atom is -0.376 e. The molecule has 0 spiro atoms. The highest BCUT2D eigenvalue weighted by atomic mass is 35.5. The lowest BCUT2D eigenvalue weighted by Gasteiger charge is -2.16. The lowest BCUT2D eigenvalue weighted by atomic mass is 10.2. The van der Waals surface area contributed by atoms with Gasteiger partial charge in [-0.1, -0.05) is 11.6 Å². The minimum atomic E-state index is 0.240. The molecule has 1 atom stereocenters. The van der Waals surface area contributed by atoms with Crippen molar-refractivity contribution in [3.05, 3.63) is 29.3 Å². The number of anilines is 1. The second kappa shape index (κ2) is 8.33. The number of rotatable bonds is 3. The van der Waals surface area contributed by atoms with E-state index in [-0.39, 0.29) is 6.10 Å². The largest absolute Gasteiger partial charge is 0.376 e. The fourth-order valence-corrected chi connectivity index (χ4v) is 2.29. The van der Waals surface area contributed by atoms with Gasteiger partial charge in [0.05, 0.1) is 6.10 Å². The predicted molar refractivity (Wildman–Crippen MR) is 93.5 cm³/mol. The van der Waals surface area contributed by atoms with Crippen molar-refractivity contribution in [2.24, 2.45) is 0 Å². The lowest BCUT2D eigenvalue weighted by molar-refractivity contribution is 0.114. The van der Waals surface area contributed by atoms with Gasteiger partial charge in [-0.2, -0.15) is 0 Å². The van der Waals surface area contributed by atoms with Gasteiger partial charge in [0.15, 0.2) is 10.2 Å². The number of thiocarbonyl (C=S) groups is 2. The molecule has 1 saturated heterocycles. The molecule has 0 saturated carbocycles. The maximum atomic E-state index is 5.82. The van der Waals surface area contributed by atoms with Crippen LogP contribution in [0.25, 0.3) is 0 Å². The van der Waals surface area contributed by atoms with Crippen molar-refractivity contribution < 1.29 is 4.74 Å². The Balaban J connectivity index is 1.63. The van der Waals surface area contributed by atoms with E-state index in [1.165, 1.54) is 0 Å². The van der Waals surface area contributed by atoms with E-state index in [9.17, 15) is 0 Å². The molecule has 2 rings (SSSR count). The minimum absolute atomic E-state index is 0.240. The second-order valence-corrected chi connectivity index (χ2v) is 5.81. The Morgan fingerprint density at radius 3 is 2.57 bits per heavy atom. The summed E-state index contributed by atoms with van der Waals surface area (Å²) in [7, 11) is 0. The van der Waals surface area contributed by atoms with Crippen molar-refractivity contribution in [2.45, 2.75) is 18.9 Å². The van der Waals surface area contributed by atoms with Crippen LogP contribution in [0.3, 0.4) is 0 Å². The van der Waals surface area contributed by atoms with Crippen LogP contribution in [0.4, 0.5) is 5.69 Å². The van der Waals surface area contributed by atoms with Gasteiger partial charge in [0, 0.05) is 23.9 Å². The quantitative estimate of drug-likeness (QED) is 0.495. The first-order valence-corrected chi connectivity index (χ1v) is 7.81. The number of hydrogen-bond acceptors (Lipinski definition) is 3. The molecule has 114 valence electrons. The first-order chi connectivity index (χ1) is 10.1. The van der Waals surface area contributed by atoms with Crippen LogP contribution < -0.4 is 21.5 Å². The number of halogens is 1. The Morgan fingerprint density at radius 1 is 1.19 bits per heavy atom. The maximum absolute atomic E-state index is 5.82. The van der Waals surface area contributed by atoms with Gasteiger partial charge >= 0.3 is 0 Å². The number of nitrogens with one attached hydrogen (secondary N) is 4. The smallest absolute Gasteiger partial charge is 0.189 e. The van der Waals surface area contributed by atoms with Crippen molar-refractivity contribution in [1.82, 2.24) is 16.2 Å². The summed E-state index contributed by atoms with van der Waals surface area (Å²) in [5, 5.41) is 7.66. The predicted octanol–water partition coefficient (Wildman–Crippen LogP) is 2.18. The standard InChI is InChI=1S/C13H17ClN4OS2/c14-9-3-5-10(6-4-9)16-13(21)18-17-12(20)15-8-11-2-1-7-19-11/h3-6,11H,1-2,7-8H2,(H2,15,17,20)(H2,16,18,21)/t11-/m0/s1. The topological polar surface area (TPSA) is 57.4 Å². The summed E-state index contributed by atoms with van der Waals surface area (Å²) < 4.78 is 5.50. The highest BCUT2D eigenvalue weighted by Crippen LogP contribution is 2.13. The van der Waals surface area contributed by atoms with E-state index in [0.29, 0.717) is 21.8 Å². The monoisotopic (exact) mass is 344 g/mol. The van der Waals surface area contributed by atoms with E-state index in [1.807, 2.05) is 12.1 Å². The van der Waals surface area contributed by atoms with Crippen molar-refractivity contribution in [3.63, 3.8) is 0 Å². The molecule has 0 radical (unpaired) electrons. The van der Waals surface area contributed by atoms with Crippen LogP contribution in [-0.4, -0.2) is 29.5 Å². The summed E-state index contributed by atoms with van der Waals surface area (Å²) in [5.41, 5.74) is 6.48. The third-order valence-electron chi connectivity index (χ3n) is 2.91. The summed E-state index contributed by atoms with van der Waals surface area (Å²) in [6.45, 7) is 1.53. The maximum Gasteiger partial charge on any atom is 0.189 e. The average Bonchev–Trinajstić information content (AvgIpc) is 2.99. The molecule has 0 aliphatic carbocycles. The summed E-state index contributed by atoms with van der Waals surface area (Å²) in [6.07, 6.45) is 2.42. The van der Waals surface area contributed by atoms with Gasteiger partial charge in [0.2, 0.25) is 0 Å². The zero-order valence-electron chi connectivity index (χ0n) is 11.3. The SMILES string of the molecule is S=C(NC[C@@H]1CCCO1)NNC(=S)Nc1ccc(Cl)cc1. The fraction of sp³-hybridized carbons (Fsp3) is 0.385. The molecule has 0 unspecified atom stereocenters. The lowest BCUT2D eigenvalue weighted by Crippen LogP contribution is -2.49. The first kappa shape index (κ1) is 16.2. The molecule has 5 nitrogen and oxygen atoms in total. The number of benzene rings is 1. The Bertz CT molecular complexity index is 491. The number of hydrazine groups is 1. The Kier molecular flexibility index (Phi) is 6.44. The summed E-state index contributed by atoms with van der Waals surface area (Å²) in [5.74, 6) is 0. The molecule has 8 heteroatoms. The van der Waals surface area contributed by atoms with Gasteiger partial charge in [-0.05, 0) is 61.5 Å². The van der Waals surface area contributed by atoms with Crippen molar-refractivity contribution in [3.8, 4) is 0 Å². The molecule has 1 aliphatic heterocycles. The third kappa shape index (κ3) is 6.01. The molecule has 1 heterocycles. The van der Waals surface area contributed by atoms with Crippen LogP contribution in [0.1, 0.15) is 12.8 Å². The molecule has 1 aromatic carbocycles. The van der Waals surface area contributed by atoms with Crippen molar-refractivity contribution in [1.29, 1.82) is 0 Å². The van der Waals surface area contributed by atoms with Gasteiger partial charge in [-0.25, -0.2) is 0 Å². The van der Waals surface area contributed by atoms with Crippen LogP contribution in [-0.2, 0) is 4.74 Å². The van der Waals surface area contributed by atoms with E-state index >= 15 is 0 Å². The molecular formula is C13H17ClN4OS2. The zero-order chi connectivity index (χ0) is 15.1. The molecular weight excluding hydrogens is 328 g/mol. The molecule has 1 aliphatic rings. The molecule has 1 fully saturated rings. The zero-order valence-corrected chi connectivity index (χ0v) is 13.7. The van der Waals surface area contributed by atoms with Crippen LogP contribution in [0, 0.1) is 0 Å². The van der Waals surface area contributed by atoms with E-state index in [4.69, 9.17) is 40.8 Å². The van der Waals surface area contributed by atoms with Crippen LogP contribution in [0.5, 0.6) is 0 Å². The molecule has 0 bridgehead atoms. The molecule has 1 aromatic rings. The van der Waals surface area contributed by atoms with E-state index in [0.717, 1.165) is 25.1 Å². The van der Waals surface area contributed by atoms with Gasteiger partial charge < -0.3 is 15.4 Å². The highest BCUT2D eigenvalue weighted by molar-refractivity contribution is 7.80. The van der Waals surface area contributed by atoms with Crippen LogP contribution >= 0.6 is 36.0 Å². The summed E-state index contributed by atoms with van der Waals surface area (Å²) in [6, 6.07) is 7.25. The Morgan fingerprint density at radius 2 is 1.90 bits per heavy atom. The number of ether oxygens (including phenoxy) is 1. The average molecular weight is 345 g/mol. The highest BCUT2D eigenvalue weighted by Gasteiger charge is 2.15. The fourth-order valence-electron chi connectivity index (χ4n) is 1.87. The Hall–Kier alpha value is -1.15. The van der Waals surface area contributed by atoms with Gasteiger partial charge in [0.1, 0.15) is 0 Å². The molecule has 0 amide bonds. The first-order valence-electron chi connectivity index (χ1n) is 6.61. The second-order valence-electron chi connectivity index (χ2n) is 4.56. The Labute approximate surface area is 139 Å². The van der Waals surface area contributed by atoms with Gasteiger partial charge in [0.25, 0.3) is 0 Å². The van der Waals surface area contributed by atoms with Gasteiger partial charge in [-0.3, -0.25) is 10.9 Å². The van der Waals surface area contributed by atoms with Crippen molar-refractivity contribution >= 4 is 51.9 Å². The molecule has 21 heavy (non-hydrogen) atoms. The van der Waals surface area contributed by atoms with Gasteiger partial charge in [-0.15, -0.1) is 0 Å². The molecule has 4 N–H and O–H groups in total. The van der Waals surface area contributed by atoms with E-state index in [2.05, 4.69) is 21.5 Å². The normalized spacial score (nSPS) is 17.1.